The SMILES string of the molecule is O=C(CCO)CC(CP1(=O)Oc2ccccc2-c2ccccc21)C(=O)OCCO. The highest BCUT2D eigenvalue weighted by Crippen LogP contribution is 2.55. The van der Waals surface area contributed by atoms with Gasteiger partial charge in [-0.15, -0.1) is 0 Å². The normalized spacial score (nSPS) is 18.1. The molecule has 0 spiro atoms. The van der Waals surface area contributed by atoms with Gasteiger partial charge in [0, 0.05) is 25.0 Å². The third kappa shape index (κ3) is 4.75. The Hall–Kier alpha value is -2.47. The van der Waals surface area contributed by atoms with Crippen LogP contribution in [0.5, 0.6) is 5.75 Å². The van der Waals surface area contributed by atoms with Crippen LogP contribution in [0.15, 0.2) is 48.5 Å². The molecular weight excluding hydrogens is 395 g/mol. The van der Waals surface area contributed by atoms with Gasteiger partial charge in [0.1, 0.15) is 18.1 Å². The number of carbonyl (C=O) groups excluding carboxylic acids is 2. The quantitative estimate of drug-likeness (QED) is 0.474. The molecule has 1 aliphatic rings. The lowest BCUT2D eigenvalue weighted by atomic mass is 10.0. The van der Waals surface area contributed by atoms with Crippen molar-refractivity contribution in [2.24, 2.45) is 5.92 Å². The van der Waals surface area contributed by atoms with E-state index in [0.717, 1.165) is 11.1 Å². The molecule has 0 radical (unpaired) electrons. The second-order valence-corrected chi connectivity index (χ2v) is 9.14. The Bertz CT molecular complexity index is 940. The summed E-state index contributed by atoms with van der Waals surface area (Å²) in [6, 6.07) is 14.4. The molecular formula is C21H23O7P. The summed E-state index contributed by atoms with van der Waals surface area (Å²) in [7, 11) is -3.53. The van der Waals surface area contributed by atoms with E-state index in [-0.39, 0.29) is 44.6 Å². The van der Waals surface area contributed by atoms with Crippen molar-refractivity contribution in [3.8, 4) is 16.9 Å². The molecule has 1 heterocycles. The Morgan fingerprint density at radius 2 is 1.69 bits per heavy atom. The number of esters is 1. The first kappa shape index (κ1) is 21.2. The van der Waals surface area contributed by atoms with Crippen LogP contribution in [0.4, 0.5) is 0 Å². The fraction of sp³-hybridized carbons (Fsp3) is 0.333. The lowest BCUT2D eigenvalue weighted by Gasteiger charge is -2.30. The van der Waals surface area contributed by atoms with Crippen molar-refractivity contribution < 1.29 is 33.6 Å². The summed E-state index contributed by atoms with van der Waals surface area (Å²) in [6.45, 7) is -0.900. The van der Waals surface area contributed by atoms with Crippen molar-refractivity contribution in [1.82, 2.24) is 0 Å². The lowest BCUT2D eigenvalue weighted by molar-refractivity contribution is -0.150. The molecule has 0 amide bonds. The van der Waals surface area contributed by atoms with E-state index in [1.54, 1.807) is 24.3 Å². The first-order valence-electron chi connectivity index (χ1n) is 9.36. The van der Waals surface area contributed by atoms with E-state index in [9.17, 15) is 14.2 Å². The summed E-state index contributed by atoms with van der Waals surface area (Å²) in [4.78, 5) is 24.6. The number of Topliss-reactive ketones (excluding diaryl/α,β-unsaturated/α-hetero) is 1. The number of benzene rings is 2. The molecule has 8 heteroatoms. The molecule has 2 aromatic carbocycles. The zero-order valence-electron chi connectivity index (χ0n) is 15.8. The number of aliphatic hydroxyl groups is 2. The minimum Gasteiger partial charge on any atom is -0.463 e. The van der Waals surface area contributed by atoms with E-state index in [0.29, 0.717) is 11.1 Å². The molecule has 0 saturated heterocycles. The first-order valence-corrected chi connectivity index (χ1v) is 11.2. The molecule has 0 aromatic heterocycles. The monoisotopic (exact) mass is 418 g/mol. The van der Waals surface area contributed by atoms with E-state index >= 15 is 0 Å². The third-order valence-corrected chi connectivity index (χ3v) is 7.23. The van der Waals surface area contributed by atoms with Crippen molar-refractivity contribution in [2.45, 2.75) is 12.8 Å². The summed E-state index contributed by atoms with van der Waals surface area (Å²) in [5.74, 6) is -1.61. The summed E-state index contributed by atoms with van der Waals surface area (Å²) in [6.07, 6.45) is -0.532. The van der Waals surface area contributed by atoms with Crippen molar-refractivity contribution >= 4 is 24.4 Å². The van der Waals surface area contributed by atoms with Crippen LogP contribution in [-0.2, 0) is 18.9 Å². The van der Waals surface area contributed by atoms with Crippen LogP contribution in [-0.4, -0.2) is 47.9 Å². The predicted molar refractivity (Wildman–Crippen MR) is 107 cm³/mol. The lowest BCUT2D eigenvalue weighted by Crippen LogP contribution is -2.30. The van der Waals surface area contributed by atoms with Gasteiger partial charge < -0.3 is 19.5 Å². The van der Waals surface area contributed by atoms with Gasteiger partial charge in [-0.1, -0.05) is 36.4 Å². The number of rotatable bonds is 9. The highest BCUT2D eigenvalue weighted by Gasteiger charge is 2.40. The minimum atomic E-state index is -3.53. The number of aliphatic hydroxyl groups excluding tert-OH is 2. The van der Waals surface area contributed by atoms with Gasteiger partial charge in [0.2, 0.25) is 0 Å². The number of ether oxygens (including phenoxy) is 1. The van der Waals surface area contributed by atoms with Gasteiger partial charge >= 0.3 is 5.97 Å². The standard InChI is InChI=1S/C21H23O7P/c22-10-9-16(24)13-15(21(25)27-12-11-23)14-29(26)20-8-4-2-6-18(20)17-5-1-3-7-19(17)28-29/h1-8,15,22-23H,9-14H2. The van der Waals surface area contributed by atoms with Crippen LogP contribution in [0.25, 0.3) is 11.1 Å². The van der Waals surface area contributed by atoms with Gasteiger partial charge in [0.15, 0.2) is 0 Å². The third-order valence-electron chi connectivity index (χ3n) is 4.69. The fourth-order valence-electron chi connectivity index (χ4n) is 3.39. The maximum Gasteiger partial charge on any atom is 0.310 e. The van der Waals surface area contributed by atoms with Gasteiger partial charge in [-0.05, 0) is 17.7 Å². The highest BCUT2D eigenvalue weighted by molar-refractivity contribution is 7.67. The van der Waals surface area contributed by atoms with Crippen LogP contribution in [0.2, 0.25) is 0 Å². The van der Waals surface area contributed by atoms with E-state index in [1.807, 2.05) is 24.3 Å². The zero-order chi connectivity index (χ0) is 20.9. The van der Waals surface area contributed by atoms with Gasteiger partial charge in [0.25, 0.3) is 7.37 Å². The van der Waals surface area contributed by atoms with Crippen molar-refractivity contribution in [2.75, 3.05) is 26.0 Å². The summed E-state index contributed by atoms with van der Waals surface area (Å²) in [5.41, 5.74) is 1.58. The average molecular weight is 418 g/mol. The van der Waals surface area contributed by atoms with E-state index in [1.165, 1.54) is 0 Å². The van der Waals surface area contributed by atoms with E-state index in [4.69, 9.17) is 19.5 Å². The van der Waals surface area contributed by atoms with Gasteiger partial charge in [-0.25, -0.2) is 0 Å². The molecule has 2 unspecified atom stereocenters. The van der Waals surface area contributed by atoms with Crippen molar-refractivity contribution in [3.05, 3.63) is 48.5 Å². The molecule has 2 aromatic rings. The molecule has 1 aliphatic heterocycles. The topological polar surface area (TPSA) is 110 Å². The number of hydrogen-bond acceptors (Lipinski definition) is 7. The van der Waals surface area contributed by atoms with Gasteiger partial charge in [-0.3, -0.25) is 14.2 Å². The Morgan fingerprint density at radius 3 is 2.41 bits per heavy atom. The van der Waals surface area contributed by atoms with Gasteiger partial charge in [-0.2, -0.15) is 0 Å². The predicted octanol–water partition coefficient (Wildman–Crippen LogP) is 2.14. The van der Waals surface area contributed by atoms with Crippen molar-refractivity contribution in [1.29, 1.82) is 0 Å². The number of ketones is 1. The summed E-state index contributed by atoms with van der Waals surface area (Å²) >= 11 is 0. The molecule has 29 heavy (non-hydrogen) atoms. The maximum atomic E-state index is 13.9. The fourth-order valence-corrected chi connectivity index (χ4v) is 5.97. The van der Waals surface area contributed by atoms with E-state index < -0.39 is 19.3 Å². The molecule has 3 rings (SSSR count). The van der Waals surface area contributed by atoms with Crippen molar-refractivity contribution in [3.63, 3.8) is 0 Å². The second-order valence-electron chi connectivity index (χ2n) is 6.77. The number of para-hydroxylation sites is 1. The number of hydrogen-bond donors (Lipinski definition) is 2. The molecule has 0 bridgehead atoms. The maximum absolute atomic E-state index is 13.9. The van der Waals surface area contributed by atoms with E-state index in [2.05, 4.69) is 0 Å². The molecule has 0 aliphatic carbocycles. The Balaban J connectivity index is 1.95. The molecule has 2 N–H and O–H groups in total. The Labute approximate surface area is 168 Å². The van der Waals surface area contributed by atoms with Gasteiger partial charge in [0.05, 0.1) is 24.0 Å². The van der Waals surface area contributed by atoms with Crippen LogP contribution >= 0.6 is 7.37 Å². The summed E-state index contributed by atoms with van der Waals surface area (Å²) < 4.78 is 24.8. The van der Waals surface area contributed by atoms with Crippen LogP contribution in [0.3, 0.4) is 0 Å². The van der Waals surface area contributed by atoms with Crippen LogP contribution < -0.4 is 9.83 Å². The second kappa shape index (κ2) is 9.35. The largest absolute Gasteiger partial charge is 0.463 e. The Morgan fingerprint density at radius 1 is 1.00 bits per heavy atom. The highest BCUT2D eigenvalue weighted by atomic mass is 31.2. The average Bonchev–Trinajstić information content (AvgIpc) is 2.72. The molecule has 0 saturated carbocycles. The zero-order valence-corrected chi connectivity index (χ0v) is 16.7. The first-order chi connectivity index (χ1) is 14.0. The molecule has 7 nitrogen and oxygen atoms in total. The summed E-state index contributed by atoms with van der Waals surface area (Å²) in [5, 5.41) is 18.4. The molecule has 2 atom stereocenters. The molecule has 0 fully saturated rings. The van der Waals surface area contributed by atoms with Crippen LogP contribution in [0, 0.1) is 5.92 Å². The Kier molecular flexibility index (Phi) is 6.85. The molecule has 154 valence electrons. The number of fused-ring (bicyclic) bond motifs is 3. The smallest absolute Gasteiger partial charge is 0.310 e. The van der Waals surface area contributed by atoms with Crippen LogP contribution in [0.1, 0.15) is 12.8 Å². The number of carbonyl (C=O) groups is 2. The minimum absolute atomic E-state index is 0.103.